The number of H-pyrrole nitrogens is 2. The lowest BCUT2D eigenvalue weighted by Gasteiger charge is -2.19. The number of hydrogen-bond donors (Lipinski definition) is 2. The number of para-hydroxylation sites is 2. The number of rotatable bonds is 6. The predicted octanol–water partition coefficient (Wildman–Crippen LogP) is 3.42. The van der Waals surface area contributed by atoms with E-state index in [0.29, 0.717) is 29.8 Å². The summed E-state index contributed by atoms with van der Waals surface area (Å²) in [6.07, 6.45) is 0. The second-order valence-corrected chi connectivity index (χ2v) is 6.93. The van der Waals surface area contributed by atoms with Gasteiger partial charge < -0.3 is 9.97 Å². The van der Waals surface area contributed by atoms with Gasteiger partial charge in [0.2, 0.25) is 0 Å². The van der Waals surface area contributed by atoms with Crippen molar-refractivity contribution in [2.45, 2.75) is 20.4 Å². The van der Waals surface area contributed by atoms with Gasteiger partial charge in [-0.15, -0.1) is 0 Å². The minimum absolute atomic E-state index is 0.0555. The number of benzene rings is 2. The number of aromatic amines is 2. The van der Waals surface area contributed by atoms with Gasteiger partial charge in [-0.3, -0.25) is 14.5 Å². The van der Waals surface area contributed by atoms with Crippen molar-refractivity contribution in [3.8, 4) is 0 Å². The van der Waals surface area contributed by atoms with Gasteiger partial charge in [-0.25, -0.2) is 4.98 Å². The highest BCUT2D eigenvalue weighted by Gasteiger charge is 2.19. The fraction of sp³-hybridized carbons (Fsp3) is 0.227. The van der Waals surface area contributed by atoms with Crippen LogP contribution in [0.25, 0.3) is 21.8 Å². The molecule has 0 radical (unpaired) electrons. The van der Waals surface area contributed by atoms with Crippen molar-refractivity contribution in [1.29, 1.82) is 0 Å². The summed E-state index contributed by atoms with van der Waals surface area (Å²) in [6, 6.07) is 15.1. The summed E-state index contributed by atoms with van der Waals surface area (Å²) in [5.74, 6) is 0.619. The van der Waals surface area contributed by atoms with E-state index < -0.39 is 0 Å². The Balaban J connectivity index is 1.59. The van der Waals surface area contributed by atoms with E-state index in [-0.39, 0.29) is 17.9 Å². The summed E-state index contributed by atoms with van der Waals surface area (Å²) in [7, 11) is 0. The molecular weight excluding hydrogens is 352 g/mol. The zero-order chi connectivity index (χ0) is 19.7. The zero-order valence-electron chi connectivity index (χ0n) is 16.0. The second kappa shape index (κ2) is 7.40. The van der Waals surface area contributed by atoms with Gasteiger partial charge >= 0.3 is 0 Å². The largest absolute Gasteiger partial charge is 0.358 e. The molecule has 142 valence electrons. The number of carbonyl (C=O) groups is 1. The summed E-state index contributed by atoms with van der Waals surface area (Å²) >= 11 is 0. The smallest absolute Gasteiger partial charge is 0.258 e. The lowest BCUT2D eigenvalue weighted by atomic mass is 10.1. The van der Waals surface area contributed by atoms with Gasteiger partial charge in [0.05, 0.1) is 24.0 Å². The number of carbonyl (C=O) groups excluding carboxylic acids is 1. The first-order valence-corrected chi connectivity index (χ1v) is 9.37. The van der Waals surface area contributed by atoms with Crippen LogP contribution in [0.3, 0.4) is 0 Å². The molecule has 2 aromatic carbocycles. The van der Waals surface area contributed by atoms with E-state index in [1.807, 2.05) is 61.2 Å². The molecule has 2 aromatic heterocycles. The van der Waals surface area contributed by atoms with E-state index in [4.69, 9.17) is 0 Å². The molecule has 0 aliphatic rings. The van der Waals surface area contributed by atoms with Gasteiger partial charge in [-0.2, -0.15) is 0 Å². The number of aryl methyl sites for hydroxylation is 1. The molecule has 0 saturated heterocycles. The second-order valence-electron chi connectivity index (χ2n) is 6.93. The topological polar surface area (TPSA) is 81.8 Å². The van der Waals surface area contributed by atoms with Crippen LogP contribution in [0.2, 0.25) is 0 Å². The van der Waals surface area contributed by atoms with Crippen LogP contribution in [-0.2, 0) is 6.54 Å². The highest BCUT2D eigenvalue weighted by atomic mass is 16.1. The summed E-state index contributed by atoms with van der Waals surface area (Å²) in [5.41, 5.74) is 3.08. The van der Waals surface area contributed by atoms with Crippen molar-refractivity contribution in [2.24, 2.45) is 0 Å². The number of likely N-dealkylation sites (N-methyl/N-ethyl adjacent to an activating group) is 1. The quantitative estimate of drug-likeness (QED) is 0.507. The van der Waals surface area contributed by atoms with Crippen molar-refractivity contribution in [3.63, 3.8) is 0 Å². The monoisotopic (exact) mass is 374 g/mol. The first kappa shape index (κ1) is 18.1. The third kappa shape index (κ3) is 3.34. The van der Waals surface area contributed by atoms with Gasteiger partial charge in [-0.05, 0) is 31.7 Å². The molecule has 0 atom stereocenters. The van der Waals surface area contributed by atoms with Crippen molar-refractivity contribution in [2.75, 3.05) is 13.1 Å². The fourth-order valence-electron chi connectivity index (χ4n) is 3.62. The average Bonchev–Trinajstić information content (AvgIpc) is 3.03. The maximum absolute atomic E-state index is 13.0. The highest BCUT2D eigenvalue weighted by molar-refractivity contribution is 6.10. The molecule has 6 heteroatoms. The van der Waals surface area contributed by atoms with E-state index in [1.165, 1.54) is 0 Å². The molecule has 4 aromatic rings. The summed E-state index contributed by atoms with van der Waals surface area (Å²) in [6.45, 7) is 5.25. The van der Waals surface area contributed by atoms with E-state index >= 15 is 0 Å². The maximum atomic E-state index is 13.0. The number of aromatic nitrogens is 3. The van der Waals surface area contributed by atoms with Gasteiger partial charge in [-0.1, -0.05) is 37.3 Å². The number of nitrogens with one attached hydrogen (secondary N) is 2. The summed E-state index contributed by atoms with van der Waals surface area (Å²) < 4.78 is 0. The number of Topliss-reactive ketones (excluding diaryl/α,β-unsaturated/α-hetero) is 1. The van der Waals surface area contributed by atoms with Gasteiger partial charge in [0.25, 0.3) is 5.56 Å². The van der Waals surface area contributed by atoms with Gasteiger partial charge in [0, 0.05) is 22.2 Å². The lowest BCUT2D eigenvalue weighted by molar-refractivity contribution is 0.0929. The fourth-order valence-corrected chi connectivity index (χ4v) is 3.62. The van der Waals surface area contributed by atoms with E-state index in [0.717, 1.165) is 22.2 Å². The number of ketones is 1. The Bertz CT molecular complexity index is 1220. The Kier molecular flexibility index (Phi) is 4.79. The van der Waals surface area contributed by atoms with Crippen LogP contribution in [0.15, 0.2) is 53.3 Å². The minimum atomic E-state index is -0.157. The highest BCUT2D eigenvalue weighted by Crippen LogP contribution is 2.22. The Hall–Kier alpha value is -3.25. The number of hydrogen-bond acceptors (Lipinski definition) is 4. The van der Waals surface area contributed by atoms with Gasteiger partial charge in [0.1, 0.15) is 5.82 Å². The molecule has 2 heterocycles. The van der Waals surface area contributed by atoms with E-state index in [1.54, 1.807) is 6.07 Å². The van der Waals surface area contributed by atoms with Crippen molar-refractivity contribution >= 4 is 27.6 Å². The van der Waals surface area contributed by atoms with Gasteiger partial charge in [0.15, 0.2) is 5.78 Å². The molecule has 0 aliphatic carbocycles. The molecule has 0 amide bonds. The predicted molar refractivity (Wildman–Crippen MR) is 111 cm³/mol. The maximum Gasteiger partial charge on any atom is 0.258 e. The van der Waals surface area contributed by atoms with Crippen molar-refractivity contribution in [3.05, 3.63) is 76.0 Å². The Morgan fingerprint density at radius 1 is 1.04 bits per heavy atom. The molecule has 2 N–H and O–H groups in total. The molecule has 0 bridgehead atoms. The standard InChI is InChI=1S/C22H22N4O2/c1-3-26(13-20-24-18-11-7-5-9-16(18)22(28)25-20)12-19(27)21-14(2)23-17-10-6-4-8-15(17)21/h4-11,23H,3,12-13H2,1-2H3,(H,24,25,28). The zero-order valence-corrected chi connectivity index (χ0v) is 16.0. The number of fused-ring (bicyclic) bond motifs is 2. The molecule has 0 fully saturated rings. The Labute approximate surface area is 162 Å². The van der Waals surface area contributed by atoms with Crippen LogP contribution in [-0.4, -0.2) is 38.7 Å². The SMILES string of the molecule is CCN(CC(=O)c1c(C)[nH]c2ccccc12)Cc1nc2ccccc2c(=O)[nH]1. The Morgan fingerprint density at radius 3 is 2.54 bits per heavy atom. The summed E-state index contributed by atoms with van der Waals surface area (Å²) in [4.78, 5) is 38.0. The Morgan fingerprint density at radius 2 is 1.75 bits per heavy atom. The third-order valence-corrected chi connectivity index (χ3v) is 5.02. The average molecular weight is 374 g/mol. The molecule has 0 unspecified atom stereocenters. The first-order valence-electron chi connectivity index (χ1n) is 9.37. The van der Waals surface area contributed by atoms with E-state index in [9.17, 15) is 9.59 Å². The third-order valence-electron chi connectivity index (χ3n) is 5.02. The molecule has 0 aliphatic heterocycles. The van der Waals surface area contributed by atoms with E-state index in [2.05, 4.69) is 15.0 Å². The molecule has 0 saturated carbocycles. The van der Waals surface area contributed by atoms with Crippen LogP contribution in [0.1, 0.15) is 28.8 Å². The first-order chi connectivity index (χ1) is 13.6. The van der Waals surface area contributed by atoms with Crippen LogP contribution in [0.4, 0.5) is 0 Å². The normalized spacial score (nSPS) is 11.5. The molecular formula is C22H22N4O2. The van der Waals surface area contributed by atoms with Crippen LogP contribution in [0.5, 0.6) is 0 Å². The minimum Gasteiger partial charge on any atom is -0.358 e. The van der Waals surface area contributed by atoms with Crippen LogP contribution in [0, 0.1) is 6.92 Å². The molecule has 28 heavy (non-hydrogen) atoms. The van der Waals surface area contributed by atoms with Crippen molar-refractivity contribution < 1.29 is 4.79 Å². The van der Waals surface area contributed by atoms with Crippen molar-refractivity contribution in [1.82, 2.24) is 19.9 Å². The molecule has 4 rings (SSSR count). The summed E-state index contributed by atoms with van der Waals surface area (Å²) in [5, 5.41) is 1.51. The number of nitrogens with zero attached hydrogens (tertiary/aromatic N) is 2. The molecule has 0 spiro atoms. The van der Waals surface area contributed by atoms with Crippen LogP contribution >= 0.6 is 0 Å². The van der Waals surface area contributed by atoms with Crippen LogP contribution < -0.4 is 5.56 Å². The lowest BCUT2D eigenvalue weighted by Crippen LogP contribution is -2.31. The molecule has 6 nitrogen and oxygen atoms in total.